The second-order valence-electron chi connectivity index (χ2n) is 4.20. The molecule has 0 N–H and O–H groups in total. The summed E-state index contributed by atoms with van der Waals surface area (Å²) in [5.74, 6) is 0. The average molecular weight is 136 g/mol. The van der Waals surface area contributed by atoms with Gasteiger partial charge in [0, 0.05) is 19.1 Å². The van der Waals surface area contributed by atoms with E-state index in [1.165, 1.54) is 25.7 Å². The van der Waals surface area contributed by atoms with Gasteiger partial charge in [-0.15, -0.1) is 0 Å². The van der Waals surface area contributed by atoms with Crippen molar-refractivity contribution in [1.29, 1.82) is 0 Å². The molecule has 0 aromatic rings. The van der Waals surface area contributed by atoms with E-state index in [0.29, 0.717) is 0 Å². The molecule has 1 nitrogen and oxygen atoms in total. The maximum atomic E-state index is 2.56. The maximum absolute atomic E-state index is 2.56. The van der Waals surface area contributed by atoms with E-state index in [-0.39, 0.29) is 0 Å². The highest BCUT2D eigenvalue weighted by atomic mass is 15.2. The highest BCUT2D eigenvalue weighted by Crippen LogP contribution is 2.46. The summed E-state index contributed by atoms with van der Waals surface area (Å²) in [5, 5.41) is 0. The first-order chi connectivity index (χ1) is 4.72. The minimum absolute atomic E-state index is 0.768. The van der Waals surface area contributed by atoms with Crippen LogP contribution in [0.15, 0.2) is 0 Å². The first-order valence-electron chi connectivity index (χ1n) is 4.28. The fourth-order valence-electron chi connectivity index (χ4n) is 1.99. The minimum atomic E-state index is 0.768. The number of hydrogen-bond donors (Lipinski definition) is 0. The van der Waals surface area contributed by atoms with E-state index in [1.54, 1.807) is 0 Å². The van der Waals surface area contributed by atoms with Gasteiger partial charge < -0.3 is 0 Å². The van der Waals surface area contributed by atoms with Gasteiger partial charge in [-0.3, -0.25) is 4.90 Å². The molecule has 0 aromatic carbocycles. The van der Waals surface area contributed by atoms with Gasteiger partial charge >= 0.3 is 0 Å². The molecule has 0 amide bonds. The second kappa shape index (κ2) is 2.01. The Morgan fingerprint density at radius 2 is 1.90 bits per heavy atom. The number of hydrogen-bond acceptors (Lipinski definition) is 1. The van der Waals surface area contributed by atoms with E-state index in [4.69, 9.17) is 0 Å². The highest BCUT2D eigenvalue weighted by molar-refractivity contribution is 6.40. The fourth-order valence-corrected chi connectivity index (χ4v) is 1.99. The van der Waals surface area contributed by atoms with Gasteiger partial charge in [0.05, 0.1) is 0 Å². The molecule has 2 aliphatic rings. The molecule has 0 aliphatic carbocycles. The Balaban J connectivity index is 1.82. The van der Waals surface area contributed by atoms with Crippen LogP contribution in [0.3, 0.4) is 0 Å². The zero-order valence-corrected chi connectivity index (χ0v) is 6.93. The lowest BCUT2D eigenvalue weighted by atomic mass is 9.40. The summed E-state index contributed by atoms with van der Waals surface area (Å²) in [6.07, 6.45) is 2.77. The van der Waals surface area contributed by atoms with Gasteiger partial charge in [-0.1, -0.05) is 12.6 Å². The van der Waals surface area contributed by atoms with E-state index >= 15 is 0 Å². The molecule has 2 heteroatoms. The van der Waals surface area contributed by atoms with Crippen LogP contribution in [0.4, 0.5) is 0 Å². The number of rotatable bonds is 1. The molecule has 2 fully saturated rings. The van der Waals surface area contributed by atoms with Gasteiger partial charge in [0.1, 0.15) is 7.28 Å². The maximum Gasteiger partial charge on any atom is 0.111 e. The van der Waals surface area contributed by atoms with Gasteiger partial charge in [0.2, 0.25) is 0 Å². The van der Waals surface area contributed by atoms with Crippen LogP contribution < -0.4 is 0 Å². The number of likely N-dealkylation sites (tertiary alicyclic amines) is 1. The van der Waals surface area contributed by atoms with Gasteiger partial charge in [-0.2, -0.15) is 0 Å². The summed E-state index contributed by atoms with van der Waals surface area (Å²) in [7, 11) is 2.41. The van der Waals surface area contributed by atoms with Crippen molar-refractivity contribution < 1.29 is 0 Å². The largest absolute Gasteiger partial charge is 0.300 e. The van der Waals surface area contributed by atoms with Crippen LogP contribution in [0.1, 0.15) is 13.8 Å². The van der Waals surface area contributed by atoms with Gasteiger partial charge in [0.15, 0.2) is 0 Å². The van der Waals surface area contributed by atoms with Crippen LogP contribution in [0, 0.1) is 5.41 Å². The standard InChI is InChI=1S/C8H15BN/c1-7(2)10-5-8(6-10)3-9-4-8/h7H,3-6H2,1-2H3. The Morgan fingerprint density at radius 1 is 1.30 bits per heavy atom. The highest BCUT2D eigenvalue weighted by Gasteiger charge is 2.47. The molecular formula is C8H15BN. The predicted molar refractivity (Wildman–Crippen MR) is 44.5 cm³/mol. The molecule has 0 saturated carbocycles. The molecule has 0 atom stereocenters. The molecule has 2 aliphatic heterocycles. The second-order valence-corrected chi connectivity index (χ2v) is 4.20. The normalized spacial score (nSPS) is 29.5. The Bertz CT molecular complexity index is 132. The summed E-state index contributed by atoms with van der Waals surface area (Å²) >= 11 is 0. The molecule has 0 unspecified atom stereocenters. The predicted octanol–water partition coefficient (Wildman–Crippen LogP) is 1.25. The van der Waals surface area contributed by atoms with Crippen LogP contribution in [0.5, 0.6) is 0 Å². The molecule has 2 heterocycles. The third-order valence-corrected chi connectivity index (χ3v) is 2.96. The Kier molecular flexibility index (Phi) is 1.35. The summed E-state index contributed by atoms with van der Waals surface area (Å²) in [6.45, 7) is 7.30. The molecule has 1 radical (unpaired) electrons. The zero-order valence-electron chi connectivity index (χ0n) is 6.93. The molecule has 1 spiro atoms. The van der Waals surface area contributed by atoms with Crippen molar-refractivity contribution in [3.63, 3.8) is 0 Å². The van der Waals surface area contributed by atoms with E-state index < -0.39 is 0 Å². The van der Waals surface area contributed by atoms with Crippen LogP contribution in [-0.2, 0) is 0 Å². The Hall–Kier alpha value is 0.0249. The smallest absolute Gasteiger partial charge is 0.111 e. The monoisotopic (exact) mass is 136 g/mol. The van der Waals surface area contributed by atoms with Gasteiger partial charge in [-0.05, 0) is 19.3 Å². The quantitative estimate of drug-likeness (QED) is 0.490. The lowest BCUT2D eigenvalue weighted by molar-refractivity contribution is -0.00577. The summed E-state index contributed by atoms with van der Waals surface area (Å²) < 4.78 is 0. The molecule has 2 rings (SSSR count). The van der Waals surface area contributed by atoms with Crippen LogP contribution in [-0.4, -0.2) is 31.3 Å². The van der Waals surface area contributed by atoms with Crippen LogP contribution in [0.25, 0.3) is 0 Å². The molecule has 2 saturated heterocycles. The number of nitrogens with zero attached hydrogens (tertiary/aromatic N) is 1. The average Bonchev–Trinajstić information content (AvgIpc) is 1.54. The van der Waals surface area contributed by atoms with E-state index in [1.807, 2.05) is 0 Å². The third kappa shape index (κ3) is 0.816. The van der Waals surface area contributed by atoms with E-state index in [9.17, 15) is 0 Å². The van der Waals surface area contributed by atoms with Crippen molar-refractivity contribution in [2.45, 2.75) is 32.5 Å². The molecule has 0 bridgehead atoms. The first-order valence-corrected chi connectivity index (χ1v) is 4.28. The van der Waals surface area contributed by atoms with Crippen molar-refractivity contribution in [2.24, 2.45) is 5.41 Å². The lowest BCUT2D eigenvalue weighted by Crippen LogP contribution is -2.62. The van der Waals surface area contributed by atoms with Crippen LogP contribution in [0.2, 0.25) is 12.6 Å². The summed E-state index contributed by atoms with van der Waals surface area (Å²) in [4.78, 5) is 2.56. The Labute approximate surface area is 64.0 Å². The van der Waals surface area contributed by atoms with Crippen molar-refractivity contribution >= 4 is 7.28 Å². The topological polar surface area (TPSA) is 3.24 Å². The first kappa shape index (κ1) is 6.72. The van der Waals surface area contributed by atoms with Crippen molar-refractivity contribution in [3.05, 3.63) is 0 Å². The molecule has 0 aromatic heterocycles. The molecule has 10 heavy (non-hydrogen) atoms. The van der Waals surface area contributed by atoms with Crippen LogP contribution >= 0.6 is 0 Å². The molecule has 55 valence electrons. The van der Waals surface area contributed by atoms with Gasteiger partial charge in [0.25, 0.3) is 0 Å². The minimum Gasteiger partial charge on any atom is -0.300 e. The van der Waals surface area contributed by atoms with Crippen molar-refractivity contribution in [3.8, 4) is 0 Å². The van der Waals surface area contributed by atoms with E-state index in [2.05, 4.69) is 26.0 Å². The summed E-state index contributed by atoms with van der Waals surface area (Å²) in [5.41, 5.74) is 0.768. The summed E-state index contributed by atoms with van der Waals surface area (Å²) in [6, 6.07) is 0.770. The SMILES string of the molecule is CC(C)N1CC2(C[B]C2)C1. The van der Waals surface area contributed by atoms with Crippen molar-refractivity contribution in [1.82, 2.24) is 4.90 Å². The Morgan fingerprint density at radius 3 is 2.20 bits per heavy atom. The molecular weight excluding hydrogens is 121 g/mol. The van der Waals surface area contributed by atoms with Crippen molar-refractivity contribution in [2.75, 3.05) is 13.1 Å². The van der Waals surface area contributed by atoms with E-state index in [0.717, 1.165) is 11.5 Å². The lowest BCUT2D eigenvalue weighted by Gasteiger charge is -2.57. The van der Waals surface area contributed by atoms with Gasteiger partial charge in [-0.25, -0.2) is 0 Å². The zero-order chi connectivity index (χ0) is 7.19. The fraction of sp³-hybridized carbons (Fsp3) is 1.00. The third-order valence-electron chi connectivity index (χ3n) is 2.96.